The molecular weight excluding hydrogens is 260 g/mol. The zero-order valence-corrected chi connectivity index (χ0v) is 13.7. The summed E-state index contributed by atoms with van der Waals surface area (Å²) in [5, 5.41) is 0. The molecule has 2 heteroatoms. The lowest BCUT2D eigenvalue weighted by Crippen LogP contribution is -2.29. The summed E-state index contributed by atoms with van der Waals surface area (Å²) < 4.78 is 5.59. The van der Waals surface area contributed by atoms with Crippen LogP contribution >= 0.6 is 0 Å². The minimum Gasteiger partial charge on any atom is -0.494 e. The summed E-state index contributed by atoms with van der Waals surface area (Å²) in [5.74, 6) is 1.77. The number of benzene rings is 1. The van der Waals surface area contributed by atoms with Crippen molar-refractivity contribution in [3.05, 3.63) is 29.8 Å². The molecule has 1 saturated carbocycles. The first-order valence-electron chi connectivity index (χ1n) is 8.35. The first-order chi connectivity index (χ1) is 10.1. The second kappa shape index (κ2) is 7.11. The number of hydrogen-bond donors (Lipinski definition) is 0. The van der Waals surface area contributed by atoms with Crippen LogP contribution in [0.4, 0.5) is 0 Å². The van der Waals surface area contributed by atoms with Crippen LogP contribution in [0.3, 0.4) is 0 Å². The summed E-state index contributed by atoms with van der Waals surface area (Å²) in [4.78, 5) is 13.0. The van der Waals surface area contributed by atoms with Crippen molar-refractivity contribution in [1.29, 1.82) is 0 Å². The van der Waals surface area contributed by atoms with Crippen LogP contribution in [0.5, 0.6) is 5.75 Å². The summed E-state index contributed by atoms with van der Waals surface area (Å²) >= 11 is 0. The predicted octanol–water partition coefficient (Wildman–Crippen LogP) is 5.26. The lowest BCUT2D eigenvalue weighted by Gasteiger charge is -2.29. The topological polar surface area (TPSA) is 26.3 Å². The van der Waals surface area contributed by atoms with Crippen molar-refractivity contribution >= 4 is 5.78 Å². The number of ether oxygens (including phenoxy) is 1. The number of carbonyl (C=O) groups is 1. The Hall–Kier alpha value is -1.31. The Morgan fingerprint density at radius 1 is 1.19 bits per heavy atom. The van der Waals surface area contributed by atoms with E-state index in [9.17, 15) is 4.79 Å². The van der Waals surface area contributed by atoms with Crippen LogP contribution in [-0.2, 0) is 0 Å². The molecule has 1 aliphatic carbocycles. The average Bonchev–Trinajstić information content (AvgIpc) is 2.93. The molecule has 1 aromatic carbocycles. The van der Waals surface area contributed by atoms with Gasteiger partial charge in [-0.25, -0.2) is 0 Å². The van der Waals surface area contributed by atoms with E-state index in [-0.39, 0.29) is 5.41 Å². The van der Waals surface area contributed by atoms with Crippen molar-refractivity contribution in [1.82, 2.24) is 0 Å². The van der Waals surface area contributed by atoms with Gasteiger partial charge in [-0.2, -0.15) is 0 Å². The summed E-state index contributed by atoms with van der Waals surface area (Å²) in [7, 11) is 0. The van der Waals surface area contributed by atoms with E-state index in [0.29, 0.717) is 11.7 Å². The van der Waals surface area contributed by atoms with Crippen molar-refractivity contribution in [2.75, 3.05) is 6.61 Å². The van der Waals surface area contributed by atoms with Gasteiger partial charge in [0.15, 0.2) is 5.78 Å². The molecule has 2 nitrogen and oxygen atoms in total. The molecule has 1 aliphatic rings. The van der Waals surface area contributed by atoms with Crippen LogP contribution in [0, 0.1) is 11.3 Å². The van der Waals surface area contributed by atoms with Gasteiger partial charge in [0.1, 0.15) is 5.75 Å². The first-order valence-corrected chi connectivity index (χ1v) is 8.35. The minimum absolute atomic E-state index is 0.111. The number of Topliss-reactive ketones (excluding diaryl/α,β-unsaturated/α-hetero) is 1. The summed E-state index contributed by atoms with van der Waals surface area (Å²) in [5.41, 5.74) is 0.737. The van der Waals surface area contributed by atoms with Crippen LogP contribution in [0.25, 0.3) is 0 Å². The standard InChI is InChI=1S/C19H28O2/c1-4-13-21-17-9-7-16(8-10-17)18(20)19(14-15(2)3)11-5-6-12-19/h7-10,15H,4-6,11-14H2,1-3H3. The van der Waals surface area contributed by atoms with Gasteiger partial charge in [0.05, 0.1) is 6.61 Å². The Labute approximate surface area is 128 Å². The van der Waals surface area contributed by atoms with Gasteiger partial charge in [0, 0.05) is 11.0 Å². The minimum atomic E-state index is -0.111. The van der Waals surface area contributed by atoms with E-state index in [0.717, 1.165) is 43.6 Å². The SMILES string of the molecule is CCCOc1ccc(C(=O)C2(CC(C)C)CCCC2)cc1. The molecule has 0 aromatic heterocycles. The highest BCUT2D eigenvalue weighted by Crippen LogP contribution is 2.45. The molecular formula is C19H28O2. The van der Waals surface area contributed by atoms with Crippen LogP contribution in [0.2, 0.25) is 0 Å². The smallest absolute Gasteiger partial charge is 0.169 e. The zero-order chi connectivity index (χ0) is 15.3. The van der Waals surface area contributed by atoms with E-state index in [4.69, 9.17) is 4.74 Å². The number of rotatable bonds is 7. The molecule has 21 heavy (non-hydrogen) atoms. The van der Waals surface area contributed by atoms with Crippen LogP contribution in [0.1, 0.15) is 69.7 Å². The summed E-state index contributed by atoms with van der Waals surface area (Å²) in [6.07, 6.45) is 6.50. The second-order valence-corrected chi connectivity index (χ2v) is 6.79. The highest BCUT2D eigenvalue weighted by Gasteiger charge is 2.41. The summed E-state index contributed by atoms with van der Waals surface area (Å²) in [6.45, 7) is 7.25. The fourth-order valence-corrected chi connectivity index (χ4v) is 3.59. The van der Waals surface area contributed by atoms with Crippen LogP contribution in [-0.4, -0.2) is 12.4 Å². The van der Waals surface area contributed by atoms with Crippen molar-refractivity contribution in [3.8, 4) is 5.75 Å². The Bertz CT molecular complexity index is 453. The molecule has 0 N–H and O–H groups in total. The van der Waals surface area contributed by atoms with Gasteiger partial charge in [-0.1, -0.05) is 33.6 Å². The van der Waals surface area contributed by atoms with Gasteiger partial charge >= 0.3 is 0 Å². The van der Waals surface area contributed by atoms with Crippen molar-refractivity contribution in [2.45, 2.75) is 59.3 Å². The Morgan fingerprint density at radius 2 is 1.81 bits per heavy atom. The van der Waals surface area contributed by atoms with E-state index < -0.39 is 0 Å². The summed E-state index contributed by atoms with van der Waals surface area (Å²) in [6, 6.07) is 7.74. The van der Waals surface area contributed by atoms with Crippen LogP contribution < -0.4 is 4.74 Å². The monoisotopic (exact) mass is 288 g/mol. The van der Waals surface area contributed by atoms with Gasteiger partial charge in [0.2, 0.25) is 0 Å². The van der Waals surface area contributed by atoms with Gasteiger partial charge in [0.25, 0.3) is 0 Å². The quantitative estimate of drug-likeness (QED) is 0.639. The van der Waals surface area contributed by atoms with E-state index in [1.54, 1.807) is 0 Å². The molecule has 0 amide bonds. The zero-order valence-electron chi connectivity index (χ0n) is 13.7. The molecule has 0 heterocycles. The van der Waals surface area contributed by atoms with Crippen molar-refractivity contribution in [3.63, 3.8) is 0 Å². The molecule has 0 aliphatic heterocycles. The van der Waals surface area contributed by atoms with Crippen molar-refractivity contribution < 1.29 is 9.53 Å². The van der Waals surface area contributed by atoms with Crippen LogP contribution in [0.15, 0.2) is 24.3 Å². The maximum Gasteiger partial charge on any atom is 0.169 e. The Kier molecular flexibility index (Phi) is 5.44. The Balaban J connectivity index is 2.13. The molecule has 1 aromatic rings. The third-order valence-electron chi connectivity index (χ3n) is 4.43. The maximum absolute atomic E-state index is 13.0. The lowest BCUT2D eigenvalue weighted by molar-refractivity contribution is 0.0760. The highest BCUT2D eigenvalue weighted by molar-refractivity contribution is 6.00. The normalized spacial score (nSPS) is 17.1. The molecule has 0 bridgehead atoms. The molecule has 1 fully saturated rings. The second-order valence-electron chi connectivity index (χ2n) is 6.79. The number of ketones is 1. The van der Waals surface area contributed by atoms with E-state index >= 15 is 0 Å². The van der Waals surface area contributed by atoms with Gasteiger partial charge in [-0.15, -0.1) is 0 Å². The molecule has 0 spiro atoms. The number of hydrogen-bond acceptors (Lipinski definition) is 2. The molecule has 116 valence electrons. The first kappa shape index (κ1) is 16.1. The molecule has 0 unspecified atom stereocenters. The van der Waals surface area contributed by atoms with Gasteiger partial charge in [-0.3, -0.25) is 4.79 Å². The van der Waals surface area contributed by atoms with E-state index in [2.05, 4.69) is 20.8 Å². The molecule has 0 saturated heterocycles. The number of carbonyl (C=O) groups excluding carboxylic acids is 1. The van der Waals surface area contributed by atoms with Gasteiger partial charge < -0.3 is 4.74 Å². The average molecular weight is 288 g/mol. The third-order valence-corrected chi connectivity index (χ3v) is 4.43. The highest BCUT2D eigenvalue weighted by atomic mass is 16.5. The Morgan fingerprint density at radius 3 is 2.33 bits per heavy atom. The van der Waals surface area contributed by atoms with Gasteiger partial charge in [-0.05, 0) is 55.9 Å². The fourth-order valence-electron chi connectivity index (χ4n) is 3.59. The molecule has 2 rings (SSSR count). The lowest BCUT2D eigenvalue weighted by atomic mass is 9.73. The largest absolute Gasteiger partial charge is 0.494 e. The molecule has 0 atom stereocenters. The third kappa shape index (κ3) is 3.87. The predicted molar refractivity (Wildman–Crippen MR) is 86.9 cm³/mol. The van der Waals surface area contributed by atoms with E-state index in [1.165, 1.54) is 12.8 Å². The van der Waals surface area contributed by atoms with Crippen molar-refractivity contribution in [2.24, 2.45) is 11.3 Å². The maximum atomic E-state index is 13.0. The molecule has 0 radical (unpaired) electrons. The van der Waals surface area contributed by atoms with E-state index in [1.807, 2.05) is 24.3 Å². The fraction of sp³-hybridized carbons (Fsp3) is 0.632.